The Kier molecular flexibility index (Phi) is 3.95. The van der Waals surface area contributed by atoms with Gasteiger partial charge in [0, 0.05) is 31.5 Å². The third-order valence-corrected chi connectivity index (χ3v) is 4.72. The molecule has 4 heteroatoms. The van der Waals surface area contributed by atoms with Gasteiger partial charge in [0.25, 0.3) is 0 Å². The van der Waals surface area contributed by atoms with Gasteiger partial charge < -0.3 is 5.73 Å². The number of halogens is 1. The molecule has 1 atom stereocenters. The first-order chi connectivity index (χ1) is 6.80. The molecule has 0 bridgehead atoms. The first kappa shape index (κ1) is 12.7. The molecule has 0 aliphatic heterocycles. The molecule has 1 aromatic rings. The van der Waals surface area contributed by atoms with Crippen molar-refractivity contribution in [2.24, 2.45) is 0 Å². The topological polar surface area (TPSA) is 43.1 Å². The van der Waals surface area contributed by atoms with Gasteiger partial charge in [-0.2, -0.15) is 0 Å². The van der Waals surface area contributed by atoms with Gasteiger partial charge in [-0.15, -0.1) is 0 Å². The van der Waals surface area contributed by atoms with E-state index in [1.165, 1.54) is 0 Å². The van der Waals surface area contributed by atoms with E-state index in [1.807, 2.05) is 39.0 Å². The van der Waals surface area contributed by atoms with Crippen LogP contribution in [0.4, 0.5) is 5.69 Å². The fourth-order valence-electron chi connectivity index (χ4n) is 1.05. The van der Waals surface area contributed by atoms with Gasteiger partial charge in [0.05, 0.1) is 0 Å². The second-order valence-corrected chi connectivity index (χ2v) is 7.52. The Morgan fingerprint density at radius 1 is 1.40 bits per heavy atom. The van der Waals surface area contributed by atoms with Gasteiger partial charge in [0.1, 0.15) is 0 Å². The van der Waals surface area contributed by atoms with Crippen LogP contribution in [0.3, 0.4) is 0 Å². The first-order valence-corrected chi connectivity index (χ1v) is 6.84. The van der Waals surface area contributed by atoms with E-state index in [9.17, 15) is 4.21 Å². The summed E-state index contributed by atoms with van der Waals surface area (Å²) < 4.78 is 12.6. The minimum atomic E-state index is -0.874. The maximum absolute atomic E-state index is 11.9. The van der Waals surface area contributed by atoms with Crippen LogP contribution in [0.25, 0.3) is 0 Å². The fourth-order valence-corrected chi connectivity index (χ4v) is 2.21. The normalized spacial score (nSPS) is 13.9. The number of nitrogens with two attached hydrogens (primary N) is 1. The molecule has 0 aliphatic carbocycles. The highest BCUT2D eigenvalue weighted by Gasteiger charge is 2.19. The third kappa shape index (κ3) is 3.61. The Hall–Kier alpha value is -0.350. The standard InChI is InChI=1S/C11H16BrNOS/c1-11(2,3)15(14)7-8-4-5-9(12)10(13)6-8/h4-6H,7,13H2,1-3H3. The van der Waals surface area contributed by atoms with Crippen LogP contribution in [0.5, 0.6) is 0 Å². The Morgan fingerprint density at radius 3 is 2.47 bits per heavy atom. The molecule has 0 spiro atoms. The molecule has 1 unspecified atom stereocenters. The lowest BCUT2D eigenvalue weighted by Crippen LogP contribution is -2.22. The molecule has 1 aromatic carbocycles. The highest BCUT2D eigenvalue weighted by molar-refractivity contribution is 9.10. The lowest BCUT2D eigenvalue weighted by Gasteiger charge is -2.17. The average molecular weight is 290 g/mol. The van der Waals surface area contributed by atoms with Crippen molar-refractivity contribution < 1.29 is 4.21 Å². The molecule has 0 saturated heterocycles. The van der Waals surface area contributed by atoms with Gasteiger partial charge in [0.15, 0.2) is 0 Å². The number of nitrogen functional groups attached to an aromatic ring is 1. The maximum Gasteiger partial charge on any atom is 0.0491 e. The molecular formula is C11H16BrNOS. The summed E-state index contributed by atoms with van der Waals surface area (Å²) in [5.41, 5.74) is 7.47. The van der Waals surface area contributed by atoms with E-state index in [0.717, 1.165) is 10.0 Å². The van der Waals surface area contributed by atoms with Gasteiger partial charge in [-0.05, 0) is 54.4 Å². The van der Waals surface area contributed by atoms with Crippen molar-refractivity contribution in [2.45, 2.75) is 31.3 Å². The summed E-state index contributed by atoms with van der Waals surface area (Å²) in [7, 11) is -0.874. The zero-order valence-electron chi connectivity index (χ0n) is 9.21. The van der Waals surface area contributed by atoms with Crippen molar-refractivity contribution in [3.63, 3.8) is 0 Å². The van der Waals surface area contributed by atoms with Gasteiger partial charge in [0.2, 0.25) is 0 Å². The summed E-state index contributed by atoms with van der Waals surface area (Å²) in [5, 5.41) is 0. The van der Waals surface area contributed by atoms with Crippen molar-refractivity contribution in [3.05, 3.63) is 28.2 Å². The predicted molar refractivity (Wildman–Crippen MR) is 70.2 cm³/mol. The largest absolute Gasteiger partial charge is 0.398 e. The molecule has 0 aliphatic rings. The Morgan fingerprint density at radius 2 is 2.00 bits per heavy atom. The van der Waals surface area contributed by atoms with E-state index in [2.05, 4.69) is 15.9 Å². The monoisotopic (exact) mass is 289 g/mol. The van der Waals surface area contributed by atoms with Crippen molar-refractivity contribution in [2.75, 3.05) is 5.73 Å². The Labute approximate surface area is 102 Å². The zero-order chi connectivity index (χ0) is 11.6. The molecule has 15 heavy (non-hydrogen) atoms. The van der Waals surface area contributed by atoms with Crippen molar-refractivity contribution in [3.8, 4) is 0 Å². The number of anilines is 1. The molecule has 2 N–H and O–H groups in total. The van der Waals surface area contributed by atoms with Crippen LogP contribution in [0.2, 0.25) is 0 Å². The highest BCUT2D eigenvalue weighted by Crippen LogP contribution is 2.23. The molecule has 0 radical (unpaired) electrons. The van der Waals surface area contributed by atoms with Crippen LogP contribution in [0, 0.1) is 0 Å². The predicted octanol–water partition coefficient (Wildman–Crippen LogP) is 3.08. The third-order valence-electron chi connectivity index (χ3n) is 2.04. The fraction of sp³-hybridized carbons (Fsp3) is 0.455. The molecule has 84 valence electrons. The van der Waals surface area contributed by atoms with Gasteiger partial charge >= 0.3 is 0 Å². The van der Waals surface area contributed by atoms with Gasteiger partial charge in [-0.1, -0.05) is 6.07 Å². The average Bonchev–Trinajstić information content (AvgIpc) is 2.10. The van der Waals surface area contributed by atoms with Crippen molar-refractivity contribution in [1.82, 2.24) is 0 Å². The maximum atomic E-state index is 11.9. The van der Waals surface area contributed by atoms with Crippen LogP contribution in [-0.2, 0) is 16.6 Å². The molecule has 1 rings (SSSR count). The van der Waals surface area contributed by atoms with E-state index in [1.54, 1.807) is 0 Å². The van der Waals surface area contributed by atoms with Crippen LogP contribution >= 0.6 is 15.9 Å². The van der Waals surface area contributed by atoms with E-state index in [4.69, 9.17) is 5.73 Å². The molecule has 0 saturated carbocycles. The smallest absolute Gasteiger partial charge is 0.0491 e. The Bertz CT molecular complexity index is 385. The molecule has 2 nitrogen and oxygen atoms in total. The molecular weight excluding hydrogens is 274 g/mol. The van der Waals surface area contributed by atoms with Crippen molar-refractivity contribution >= 4 is 32.4 Å². The minimum Gasteiger partial charge on any atom is -0.398 e. The number of hydrogen-bond donors (Lipinski definition) is 1. The van der Waals surface area contributed by atoms with Crippen LogP contribution in [0.15, 0.2) is 22.7 Å². The summed E-state index contributed by atoms with van der Waals surface area (Å²) in [4.78, 5) is 0. The summed E-state index contributed by atoms with van der Waals surface area (Å²) in [6, 6.07) is 5.71. The second-order valence-electron chi connectivity index (χ2n) is 4.46. The SMILES string of the molecule is CC(C)(C)S(=O)Cc1ccc(Br)c(N)c1. The summed E-state index contributed by atoms with van der Waals surface area (Å²) in [5.74, 6) is 0.557. The van der Waals surface area contributed by atoms with Crippen molar-refractivity contribution in [1.29, 1.82) is 0 Å². The number of hydrogen-bond acceptors (Lipinski definition) is 2. The molecule has 0 fully saturated rings. The molecule has 0 amide bonds. The lowest BCUT2D eigenvalue weighted by molar-refractivity contribution is 0.648. The van der Waals surface area contributed by atoms with E-state index < -0.39 is 10.8 Å². The van der Waals surface area contributed by atoms with E-state index in [-0.39, 0.29) is 4.75 Å². The Balaban J connectivity index is 2.83. The number of rotatable bonds is 2. The lowest BCUT2D eigenvalue weighted by atomic mass is 10.2. The van der Waals surface area contributed by atoms with Gasteiger partial charge in [-0.25, -0.2) is 0 Å². The van der Waals surface area contributed by atoms with Crippen LogP contribution < -0.4 is 5.73 Å². The van der Waals surface area contributed by atoms with E-state index in [0.29, 0.717) is 11.4 Å². The molecule has 0 heterocycles. The first-order valence-electron chi connectivity index (χ1n) is 4.73. The number of benzene rings is 1. The summed E-state index contributed by atoms with van der Waals surface area (Å²) in [6.07, 6.45) is 0. The summed E-state index contributed by atoms with van der Waals surface area (Å²) >= 11 is 3.33. The van der Waals surface area contributed by atoms with Gasteiger partial charge in [-0.3, -0.25) is 4.21 Å². The quantitative estimate of drug-likeness (QED) is 0.851. The van der Waals surface area contributed by atoms with Crippen LogP contribution in [-0.4, -0.2) is 8.96 Å². The van der Waals surface area contributed by atoms with Crippen LogP contribution in [0.1, 0.15) is 26.3 Å². The van der Waals surface area contributed by atoms with E-state index >= 15 is 0 Å². The zero-order valence-corrected chi connectivity index (χ0v) is 11.6. The minimum absolute atomic E-state index is 0.179. The second kappa shape index (κ2) is 4.66. The summed E-state index contributed by atoms with van der Waals surface area (Å²) in [6.45, 7) is 5.93. The highest BCUT2D eigenvalue weighted by atomic mass is 79.9. The molecule has 0 aromatic heterocycles.